The third-order valence-electron chi connectivity index (χ3n) is 4.40. The Morgan fingerprint density at radius 3 is 2.64 bits per heavy atom. The number of anilines is 2. The Kier molecular flexibility index (Phi) is 3.33. The van der Waals surface area contributed by atoms with Crippen molar-refractivity contribution < 1.29 is 13.5 Å². The smallest absolute Gasteiger partial charge is 0.200 e. The molecule has 0 saturated heterocycles. The molecule has 0 radical (unpaired) electrons. The van der Waals surface area contributed by atoms with Crippen LogP contribution in [0.4, 0.5) is 11.4 Å². The van der Waals surface area contributed by atoms with Crippen LogP contribution in [-0.2, 0) is 9.84 Å². The summed E-state index contributed by atoms with van der Waals surface area (Å²) in [5.41, 5.74) is 4.60. The van der Waals surface area contributed by atoms with Crippen LogP contribution in [0.1, 0.15) is 18.1 Å². The zero-order valence-electron chi connectivity index (χ0n) is 13.7. The van der Waals surface area contributed by atoms with Gasteiger partial charge < -0.3 is 10.4 Å². The third-order valence-corrected chi connectivity index (χ3v) is 6.01. The van der Waals surface area contributed by atoms with E-state index in [9.17, 15) is 13.5 Å². The fourth-order valence-electron chi connectivity index (χ4n) is 3.07. The second-order valence-corrected chi connectivity index (χ2v) is 7.96. The van der Waals surface area contributed by atoms with E-state index in [-0.39, 0.29) is 5.75 Å². The van der Waals surface area contributed by atoms with Gasteiger partial charge in [0, 0.05) is 34.4 Å². The molecule has 0 spiro atoms. The van der Waals surface area contributed by atoms with E-state index < -0.39 is 9.84 Å². The van der Waals surface area contributed by atoms with Gasteiger partial charge in [-0.1, -0.05) is 6.07 Å². The van der Waals surface area contributed by atoms with Gasteiger partial charge in [-0.05, 0) is 54.8 Å². The fourth-order valence-corrected chi connectivity index (χ4v) is 4.60. The number of aromatic nitrogens is 1. The summed E-state index contributed by atoms with van der Waals surface area (Å²) in [5, 5.41) is 15.0. The second kappa shape index (κ2) is 5.32. The average Bonchev–Trinajstić information content (AvgIpc) is 2.78. The number of aryl methyl sites for hydroxylation is 1. The van der Waals surface area contributed by atoms with E-state index in [4.69, 9.17) is 0 Å². The molecule has 0 saturated carbocycles. The van der Waals surface area contributed by atoms with E-state index >= 15 is 0 Å². The van der Waals surface area contributed by atoms with E-state index in [1.54, 1.807) is 37.4 Å². The summed E-state index contributed by atoms with van der Waals surface area (Å²) >= 11 is 0. The van der Waals surface area contributed by atoms with E-state index in [0.29, 0.717) is 16.0 Å². The molecule has 0 aliphatic carbocycles. The average molecular weight is 352 g/mol. The molecular formula is C19H16N2O3S. The molecule has 2 N–H and O–H groups in total. The zero-order chi connectivity index (χ0) is 17.8. The maximum atomic E-state index is 12.3. The maximum absolute atomic E-state index is 12.3. The zero-order valence-corrected chi connectivity index (χ0v) is 14.6. The summed E-state index contributed by atoms with van der Waals surface area (Å²) in [5.74, 6) is 0.162. The van der Waals surface area contributed by atoms with Crippen LogP contribution < -0.4 is 5.32 Å². The van der Waals surface area contributed by atoms with Crippen molar-refractivity contribution in [2.24, 2.45) is 0 Å². The fraction of sp³-hybridized carbons (Fsp3) is 0.105. The lowest BCUT2D eigenvalue weighted by Crippen LogP contribution is -1.98. The standard InChI is InChI=1S/C19H16N2O3S/c1-11-3-4-13(22)7-17(11)21-16-5-6-20-18-8-14-12(2)10-25(23,24)19(14)9-15(16)18/h3-10,22H,1-2H3,(H,20,21). The molecule has 0 amide bonds. The first-order chi connectivity index (χ1) is 11.8. The maximum Gasteiger partial charge on any atom is 0.200 e. The van der Waals surface area contributed by atoms with Crippen molar-refractivity contribution in [1.82, 2.24) is 4.98 Å². The summed E-state index contributed by atoms with van der Waals surface area (Å²) in [6.07, 6.45) is 1.68. The van der Waals surface area contributed by atoms with Gasteiger partial charge in [-0.2, -0.15) is 0 Å². The summed E-state index contributed by atoms with van der Waals surface area (Å²) in [6.45, 7) is 3.72. The Morgan fingerprint density at radius 1 is 1.04 bits per heavy atom. The number of sulfone groups is 1. The molecule has 0 atom stereocenters. The predicted octanol–water partition coefficient (Wildman–Crippen LogP) is 4.14. The number of nitrogens with one attached hydrogen (secondary N) is 1. The molecule has 2 aromatic carbocycles. The van der Waals surface area contributed by atoms with Gasteiger partial charge in [0.2, 0.25) is 9.84 Å². The van der Waals surface area contributed by atoms with Crippen molar-refractivity contribution >= 4 is 37.7 Å². The number of hydrogen-bond donors (Lipinski definition) is 2. The van der Waals surface area contributed by atoms with Crippen LogP contribution in [0.25, 0.3) is 16.5 Å². The highest BCUT2D eigenvalue weighted by Gasteiger charge is 2.26. The topological polar surface area (TPSA) is 79.3 Å². The lowest BCUT2D eigenvalue weighted by Gasteiger charge is -2.13. The van der Waals surface area contributed by atoms with Crippen molar-refractivity contribution in [2.75, 3.05) is 5.32 Å². The van der Waals surface area contributed by atoms with E-state index in [0.717, 1.165) is 27.9 Å². The Bertz CT molecular complexity index is 1160. The predicted molar refractivity (Wildman–Crippen MR) is 98.7 cm³/mol. The number of pyridine rings is 1. The number of nitrogens with zero attached hydrogens (tertiary/aromatic N) is 1. The molecular weight excluding hydrogens is 336 g/mol. The van der Waals surface area contributed by atoms with Gasteiger partial charge in [0.1, 0.15) is 5.75 Å². The Morgan fingerprint density at radius 2 is 1.84 bits per heavy atom. The molecule has 0 fully saturated rings. The summed E-state index contributed by atoms with van der Waals surface area (Å²) in [6, 6.07) is 10.3. The molecule has 0 bridgehead atoms. The number of phenols is 1. The molecule has 126 valence electrons. The van der Waals surface area contributed by atoms with E-state index in [1.807, 2.05) is 19.1 Å². The van der Waals surface area contributed by atoms with Crippen molar-refractivity contribution in [3.8, 4) is 5.75 Å². The molecule has 1 aliphatic heterocycles. The summed E-state index contributed by atoms with van der Waals surface area (Å²) in [7, 11) is -3.41. The minimum atomic E-state index is -3.41. The van der Waals surface area contributed by atoms with Gasteiger partial charge in [0.15, 0.2) is 0 Å². The minimum Gasteiger partial charge on any atom is -0.508 e. The Labute approximate surface area is 145 Å². The van der Waals surface area contributed by atoms with Crippen LogP contribution in [0.3, 0.4) is 0 Å². The number of fused-ring (bicyclic) bond motifs is 2. The van der Waals surface area contributed by atoms with E-state index in [1.165, 1.54) is 5.41 Å². The number of phenolic OH excluding ortho intramolecular Hbond substituents is 1. The quantitative estimate of drug-likeness (QED) is 0.724. The molecule has 6 heteroatoms. The van der Waals surface area contributed by atoms with Crippen LogP contribution in [0.5, 0.6) is 5.75 Å². The molecule has 0 unspecified atom stereocenters. The molecule has 2 heterocycles. The normalized spacial score (nSPS) is 15.0. The van der Waals surface area contributed by atoms with Crippen molar-refractivity contribution in [3.05, 3.63) is 59.1 Å². The molecule has 4 rings (SSSR count). The van der Waals surface area contributed by atoms with Gasteiger partial charge in [-0.3, -0.25) is 4.98 Å². The SMILES string of the molecule is CC1=CS(=O)(=O)c2cc3c(Nc4cc(O)ccc4C)ccnc3cc21. The highest BCUT2D eigenvalue weighted by Crippen LogP contribution is 2.38. The number of benzene rings is 2. The van der Waals surface area contributed by atoms with Gasteiger partial charge in [0.25, 0.3) is 0 Å². The molecule has 1 aliphatic rings. The van der Waals surface area contributed by atoms with Crippen LogP contribution in [0.2, 0.25) is 0 Å². The van der Waals surface area contributed by atoms with Gasteiger partial charge in [-0.15, -0.1) is 0 Å². The first-order valence-electron chi connectivity index (χ1n) is 7.78. The largest absolute Gasteiger partial charge is 0.508 e. The van der Waals surface area contributed by atoms with Gasteiger partial charge in [0.05, 0.1) is 10.4 Å². The third kappa shape index (κ3) is 2.55. The monoisotopic (exact) mass is 352 g/mol. The highest BCUT2D eigenvalue weighted by molar-refractivity contribution is 7.95. The van der Waals surface area contributed by atoms with Gasteiger partial charge in [-0.25, -0.2) is 8.42 Å². The molecule has 25 heavy (non-hydrogen) atoms. The van der Waals surface area contributed by atoms with Crippen LogP contribution >= 0.6 is 0 Å². The Balaban J connectivity index is 1.91. The lowest BCUT2D eigenvalue weighted by atomic mass is 10.1. The number of hydrogen-bond acceptors (Lipinski definition) is 5. The summed E-state index contributed by atoms with van der Waals surface area (Å²) in [4.78, 5) is 4.68. The minimum absolute atomic E-state index is 0.162. The van der Waals surface area contributed by atoms with E-state index in [2.05, 4.69) is 10.3 Å². The number of allylic oxidation sites excluding steroid dienone is 1. The molecule has 3 aromatic rings. The van der Waals surface area contributed by atoms with Gasteiger partial charge >= 0.3 is 0 Å². The highest BCUT2D eigenvalue weighted by atomic mass is 32.2. The van der Waals surface area contributed by atoms with Crippen LogP contribution in [0, 0.1) is 6.92 Å². The van der Waals surface area contributed by atoms with Crippen LogP contribution in [-0.4, -0.2) is 18.5 Å². The van der Waals surface area contributed by atoms with Crippen molar-refractivity contribution in [1.29, 1.82) is 0 Å². The number of aromatic hydroxyl groups is 1. The molecule has 1 aromatic heterocycles. The van der Waals surface area contributed by atoms with Crippen LogP contribution in [0.15, 0.2) is 52.9 Å². The van der Waals surface area contributed by atoms with Crippen molar-refractivity contribution in [3.63, 3.8) is 0 Å². The molecule has 5 nitrogen and oxygen atoms in total. The first kappa shape index (κ1) is 15.7. The lowest BCUT2D eigenvalue weighted by molar-refractivity contribution is 0.475. The summed E-state index contributed by atoms with van der Waals surface area (Å²) < 4.78 is 24.7. The first-order valence-corrected chi connectivity index (χ1v) is 9.33. The van der Waals surface area contributed by atoms with Crippen molar-refractivity contribution in [2.45, 2.75) is 18.7 Å². The Hall–Kier alpha value is -2.86. The number of rotatable bonds is 2. The second-order valence-electron chi connectivity index (χ2n) is 6.19.